The topological polar surface area (TPSA) is 87.9 Å². The lowest BCUT2D eigenvalue weighted by atomic mass is 10.0. The Hall–Kier alpha value is -3.03. The Labute approximate surface area is 181 Å². The van der Waals surface area contributed by atoms with Crippen LogP contribution < -0.4 is 0 Å². The van der Waals surface area contributed by atoms with Crippen LogP contribution in [0.15, 0.2) is 66.2 Å². The normalized spacial score (nSPS) is 19.1. The summed E-state index contributed by atoms with van der Waals surface area (Å²) in [4.78, 5) is 23.0. The van der Waals surface area contributed by atoms with E-state index < -0.39 is 22.8 Å². The number of ether oxygens (including phenoxy) is 3. The van der Waals surface area contributed by atoms with E-state index in [-0.39, 0.29) is 17.4 Å². The summed E-state index contributed by atoms with van der Waals surface area (Å²) in [6.07, 6.45) is 2.86. The van der Waals surface area contributed by atoms with Crippen LogP contribution in [0.3, 0.4) is 0 Å². The molecular formula is C24H27NO6. The van der Waals surface area contributed by atoms with E-state index in [1.807, 2.05) is 51.1 Å². The fourth-order valence-electron chi connectivity index (χ4n) is 3.40. The molecule has 7 heteroatoms. The van der Waals surface area contributed by atoms with E-state index in [1.54, 1.807) is 0 Å². The molecule has 0 amide bonds. The summed E-state index contributed by atoms with van der Waals surface area (Å²) in [5.74, 6) is -1.08. The predicted octanol–water partition coefficient (Wildman–Crippen LogP) is 5.37. The molecule has 0 saturated carbocycles. The van der Waals surface area contributed by atoms with Crippen molar-refractivity contribution >= 4 is 11.7 Å². The van der Waals surface area contributed by atoms with E-state index in [2.05, 4.69) is 6.08 Å². The van der Waals surface area contributed by atoms with Crippen molar-refractivity contribution in [3.05, 3.63) is 87.5 Å². The SMILES string of the molecule is C/C(=C/C[C@H]1COC(C)(C)O1)C[C@H](OC(=O)c1ccc([N+](=O)[O-])cc1)c1ccccc1. The average molecular weight is 425 g/mol. The van der Waals surface area contributed by atoms with Crippen LogP contribution in [-0.2, 0) is 14.2 Å². The molecule has 3 rings (SSSR count). The van der Waals surface area contributed by atoms with Crippen LogP contribution in [0, 0.1) is 10.1 Å². The first-order chi connectivity index (χ1) is 14.7. The number of nitro groups is 1. The third kappa shape index (κ3) is 6.47. The summed E-state index contributed by atoms with van der Waals surface area (Å²) < 4.78 is 17.2. The summed E-state index contributed by atoms with van der Waals surface area (Å²) >= 11 is 0. The van der Waals surface area contributed by atoms with Crippen molar-refractivity contribution in [3.63, 3.8) is 0 Å². The van der Waals surface area contributed by atoms with Gasteiger partial charge in [-0.05, 0) is 44.9 Å². The van der Waals surface area contributed by atoms with Crippen LogP contribution in [0.5, 0.6) is 0 Å². The van der Waals surface area contributed by atoms with Crippen LogP contribution in [0.1, 0.15) is 55.6 Å². The highest BCUT2D eigenvalue weighted by atomic mass is 16.7. The van der Waals surface area contributed by atoms with Gasteiger partial charge in [-0.2, -0.15) is 0 Å². The van der Waals surface area contributed by atoms with Gasteiger partial charge < -0.3 is 14.2 Å². The second-order valence-electron chi connectivity index (χ2n) is 8.05. The molecule has 7 nitrogen and oxygen atoms in total. The van der Waals surface area contributed by atoms with Gasteiger partial charge in [-0.1, -0.05) is 42.0 Å². The van der Waals surface area contributed by atoms with E-state index in [1.165, 1.54) is 24.3 Å². The molecule has 1 saturated heterocycles. The highest BCUT2D eigenvalue weighted by molar-refractivity contribution is 5.89. The molecule has 0 unspecified atom stereocenters. The smallest absolute Gasteiger partial charge is 0.338 e. The van der Waals surface area contributed by atoms with Gasteiger partial charge in [0.15, 0.2) is 5.79 Å². The Kier molecular flexibility index (Phi) is 7.20. The Bertz CT molecular complexity index is 936. The second-order valence-corrected chi connectivity index (χ2v) is 8.05. The van der Waals surface area contributed by atoms with E-state index in [0.717, 1.165) is 11.1 Å². The summed E-state index contributed by atoms with van der Waals surface area (Å²) in [6, 6.07) is 14.9. The maximum Gasteiger partial charge on any atom is 0.338 e. The molecule has 2 aromatic carbocycles. The molecule has 0 aromatic heterocycles. The largest absolute Gasteiger partial charge is 0.454 e. The zero-order valence-electron chi connectivity index (χ0n) is 17.9. The number of rotatable bonds is 8. The number of carbonyl (C=O) groups excluding carboxylic acids is 1. The third-order valence-corrected chi connectivity index (χ3v) is 5.04. The van der Waals surface area contributed by atoms with Crippen LogP contribution >= 0.6 is 0 Å². The van der Waals surface area contributed by atoms with Crippen LogP contribution in [0.4, 0.5) is 5.69 Å². The van der Waals surface area contributed by atoms with Crippen molar-refractivity contribution in [2.75, 3.05) is 6.61 Å². The van der Waals surface area contributed by atoms with Gasteiger partial charge >= 0.3 is 5.97 Å². The van der Waals surface area contributed by atoms with Gasteiger partial charge in [-0.15, -0.1) is 0 Å². The van der Waals surface area contributed by atoms with Crippen molar-refractivity contribution in [1.82, 2.24) is 0 Å². The minimum atomic E-state index is -0.556. The highest BCUT2D eigenvalue weighted by Gasteiger charge is 2.31. The second kappa shape index (κ2) is 9.85. The summed E-state index contributed by atoms with van der Waals surface area (Å²) in [5, 5.41) is 10.8. The zero-order chi connectivity index (χ0) is 22.4. The first-order valence-corrected chi connectivity index (χ1v) is 10.2. The molecule has 1 aliphatic rings. The first kappa shape index (κ1) is 22.7. The third-order valence-electron chi connectivity index (χ3n) is 5.04. The molecule has 31 heavy (non-hydrogen) atoms. The molecule has 0 aliphatic carbocycles. The minimum Gasteiger partial charge on any atom is -0.454 e. The van der Waals surface area contributed by atoms with Gasteiger partial charge in [0, 0.05) is 18.6 Å². The molecule has 2 atom stereocenters. The first-order valence-electron chi connectivity index (χ1n) is 10.2. The number of nitrogens with zero attached hydrogens (tertiary/aromatic N) is 1. The monoisotopic (exact) mass is 425 g/mol. The average Bonchev–Trinajstić information content (AvgIpc) is 3.11. The number of nitro benzene ring substituents is 1. The van der Waals surface area contributed by atoms with Crippen LogP contribution in [-0.4, -0.2) is 29.4 Å². The Morgan fingerprint density at radius 3 is 2.48 bits per heavy atom. The van der Waals surface area contributed by atoms with Crippen molar-refractivity contribution in [1.29, 1.82) is 0 Å². The number of benzene rings is 2. The molecule has 0 N–H and O–H groups in total. The highest BCUT2D eigenvalue weighted by Crippen LogP contribution is 2.28. The van der Waals surface area contributed by atoms with Gasteiger partial charge in [0.05, 0.1) is 23.2 Å². The quantitative estimate of drug-likeness (QED) is 0.244. The number of non-ortho nitro benzene ring substituents is 1. The predicted molar refractivity (Wildman–Crippen MR) is 116 cm³/mol. The molecule has 0 radical (unpaired) electrons. The van der Waals surface area contributed by atoms with Gasteiger partial charge in [-0.25, -0.2) is 4.79 Å². The summed E-state index contributed by atoms with van der Waals surface area (Å²) in [7, 11) is 0. The van der Waals surface area contributed by atoms with Gasteiger partial charge in [0.1, 0.15) is 6.10 Å². The number of esters is 1. The number of hydrogen-bond donors (Lipinski definition) is 0. The van der Waals surface area contributed by atoms with E-state index in [0.29, 0.717) is 19.4 Å². The summed E-state index contributed by atoms with van der Waals surface area (Å²) in [5.41, 5.74) is 2.15. The van der Waals surface area contributed by atoms with E-state index in [4.69, 9.17) is 14.2 Å². The summed E-state index contributed by atoms with van der Waals surface area (Å²) in [6.45, 7) is 6.34. The standard InChI is InChI=1S/C24H27NO6/c1-17(9-14-21-16-29-24(2,3)31-21)15-22(18-7-5-4-6-8-18)30-23(26)19-10-12-20(13-11-19)25(27)28/h4-13,21-22H,14-16H2,1-3H3/b17-9-/t21-,22-/m0/s1. The molecule has 1 heterocycles. The van der Waals surface area contributed by atoms with Crippen LogP contribution in [0.25, 0.3) is 0 Å². The lowest BCUT2D eigenvalue weighted by Crippen LogP contribution is -2.21. The maximum absolute atomic E-state index is 12.7. The van der Waals surface area contributed by atoms with E-state index >= 15 is 0 Å². The number of carbonyl (C=O) groups is 1. The van der Waals surface area contributed by atoms with Crippen molar-refractivity contribution in [2.45, 2.75) is 51.6 Å². The Morgan fingerprint density at radius 1 is 1.23 bits per heavy atom. The number of hydrogen-bond acceptors (Lipinski definition) is 6. The van der Waals surface area contributed by atoms with Crippen molar-refractivity contribution in [3.8, 4) is 0 Å². The maximum atomic E-state index is 12.7. The van der Waals surface area contributed by atoms with Crippen molar-refractivity contribution in [2.24, 2.45) is 0 Å². The zero-order valence-corrected chi connectivity index (χ0v) is 17.9. The fraction of sp³-hybridized carbons (Fsp3) is 0.375. The molecule has 0 spiro atoms. The molecular weight excluding hydrogens is 398 g/mol. The minimum absolute atomic E-state index is 0.00258. The lowest BCUT2D eigenvalue weighted by Gasteiger charge is -2.19. The van der Waals surface area contributed by atoms with Gasteiger partial charge in [0.2, 0.25) is 0 Å². The Morgan fingerprint density at radius 2 is 1.90 bits per heavy atom. The van der Waals surface area contributed by atoms with Crippen molar-refractivity contribution < 1.29 is 23.9 Å². The molecule has 164 valence electrons. The molecule has 0 bridgehead atoms. The van der Waals surface area contributed by atoms with Gasteiger partial charge in [-0.3, -0.25) is 10.1 Å². The molecule has 1 fully saturated rings. The molecule has 1 aliphatic heterocycles. The van der Waals surface area contributed by atoms with E-state index in [9.17, 15) is 14.9 Å². The lowest BCUT2D eigenvalue weighted by molar-refractivity contribution is -0.384. The van der Waals surface area contributed by atoms with Gasteiger partial charge in [0.25, 0.3) is 5.69 Å². The Balaban J connectivity index is 1.69. The fourth-order valence-corrected chi connectivity index (χ4v) is 3.40. The molecule has 2 aromatic rings. The van der Waals surface area contributed by atoms with Crippen LogP contribution in [0.2, 0.25) is 0 Å².